The van der Waals surface area contributed by atoms with Gasteiger partial charge in [-0.15, -0.1) is 0 Å². The Bertz CT molecular complexity index is 1730. The molecule has 64 heavy (non-hydrogen) atoms. The van der Waals surface area contributed by atoms with Crippen LogP contribution in [0.25, 0.3) is 0 Å². The number of hydroxylamine groups is 2. The van der Waals surface area contributed by atoms with E-state index in [0.717, 1.165) is 18.4 Å². The second kappa shape index (κ2) is 23.9. The summed E-state index contributed by atoms with van der Waals surface area (Å²) in [5, 5.41) is 16.7. The maximum absolute atomic E-state index is 14.5. The first kappa shape index (κ1) is 52.5. The highest BCUT2D eigenvalue weighted by atomic mass is 16.7. The Morgan fingerprint density at radius 3 is 2.17 bits per heavy atom. The summed E-state index contributed by atoms with van der Waals surface area (Å²) in [7, 11) is 6.58. The number of hydrogen-bond donors (Lipinski definition) is 3. The van der Waals surface area contributed by atoms with Crippen molar-refractivity contribution in [2.24, 2.45) is 23.7 Å². The average Bonchev–Trinajstić information content (AvgIpc) is 3.79. The molecule has 0 spiro atoms. The number of carboxylic acids is 1. The molecular weight excluding hydrogens is 821 g/mol. The zero-order valence-corrected chi connectivity index (χ0v) is 40.3. The number of likely N-dealkylation sites (tertiary alicyclic amines) is 1. The molecule has 0 aromatic heterocycles. The second-order valence-corrected chi connectivity index (χ2v) is 19.1. The Balaban J connectivity index is 1.50. The van der Waals surface area contributed by atoms with Crippen molar-refractivity contribution in [2.45, 2.75) is 154 Å². The number of carbonyl (C=O) groups is 6. The number of rotatable bonds is 24. The molecule has 1 aromatic carbocycles. The van der Waals surface area contributed by atoms with Gasteiger partial charge < -0.3 is 35.0 Å². The van der Waals surface area contributed by atoms with E-state index in [4.69, 9.17) is 19.4 Å². The maximum atomic E-state index is 14.5. The van der Waals surface area contributed by atoms with Crippen LogP contribution in [0.4, 0.5) is 0 Å². The van der Waals surface area contributed by atoms with Crippen LogP contribution < -0.4 is 10.6 Å². The van der Waals surface area contributed by atoms with Gasteiger partial charge in [0.1, 0.15) is 11.6 Å². The minimum Gasteiger partial charge on any atom is -0.481 e. The fourth-order valence-electron chi connectivity index (χ4n) is 10.0. The Hall–Kier alpha value is -4.12. The second-order valence-electron chi connectivity index (χ2n) is 19.1. The molecule has 10 unspecified atom stereocenters. The van der Waals surface area contributed by atoms with Gasteiger partial charge in [-0.3, -0.25) is 38.5 Å². The maximum Gasteiger partial charge on any atom is 0.303 e. The van der Waals surface area contributed by atoms with Crippen molar-refractivity contribution in [1.82, 2.24) is 30.4 Å². The summed E-state index contributed by atoms with van der Waals surface area (Å²) < 4.78 is 12.1. The fourth-order valence-corrected chi connectivity index (χ4v) is 10.0. The van der Waals surface area contributed by atoms with Gasteiger partial charge in [-0.2, -0.15) is 0 Å². The molecule has 5 amide bonds. The smallest absolute Gasteiger partial charge is 0.303 e. The Morgan fingerprint density at radius 2 is 1.61 bits per heavy atom. The van der Waals surface area contributed by atoms with E-state index in [2.05, 4.69) is 10.6 Å². The summed E-state index contributed by atoms with van der Waals surface area (Å²) >= 11 is 0. The third kappa shape index (κ3) is 12.6. The number of likely N-dealkylation sites (N-methyl/N-ethyl adjacent to an activating group) is 2. The normalized spacial score (nSPS) is 23.2. The van der Waals surface area contributed by atoms with Crippen molar-refractivity contribution in [1.29, 1.82) is 0 Å². The first-order valence-electron chi connectivity index (χ1n) is 23.5. The lowest BCUT2D eigenvalue weighted by Gasteiger charge is -2.41. The fraction of sp³-hybridized carbons (Fsp3) is 0.750. The molecule has 16 heteroatoms. The van der Waals surface area contributed by atoms with Crippen molar-refractivity contribution >= 4 is 35.5 Å². The Morgan fingerprint density at radius 1 is 0.922 bits per heavy atom. The van der Waals surface area contributed by atoms with Gasteiger partial charge in [-0.1, -0.05) is 85.2 Å². The standard InChI is InChI=1S/C48H78N6O10/c1-12-32(6)42(52(9)46(60)40(30(2)3)49-45(59)41(31(4)5)51(8)24-19-23-39(56)57)37(62-10)28-38(55)53-25-18-22-36(53)43(63-11)33(7)44(58)50-48(47(61)54-26-16-17-27-64-54)29-35(48)34-20-14-13-15-21-34/h13-15,20-21,30-33,35-37,40-43H,12,16-19,22-29H2,1-11H3,(H,49,59)(H,50,58)(H,56,57). The first-order valence-corrected chi connectivity index (χ1v) is 23.5. The number of aliphatic carboxylic acids is 1. The van der Waals surface area contributed by atoms with Gasteiger partial charge in [0.2, 0.25) is 23.6 Å². The highest BCUT2D eigenvalue weighted by Gasteiger charge is 2.64. The molecule has 10 atom stereocenters. The van der Waals surface area contributed by atoms with E-state index in [1.807, 2.05) is 76.8 Å². The number of carbonyl (C=O) groups excluding carboxylic acids is 5. The third-order valence-corrected chi connectivity index (χ3v) is 13.9. The van der Waals surface area contributed by atoms with Gasteiger partial charge >= 0.3 is 5.97 Å². The number of benzene rings is 1. The summed E-state index contributed by atoms with van der Waals surface area (Å²) in [6.45, 7) is 15.2. The van der Waals surface area contributed by atoms with Crippen LogP contribution in [0.1, 0.15) is 118 Å². The van der Waals surface area contributed by atoms with Crippen LogP contribution in [0.3, 0.4) is 0 Å². The van der Waals surface area contributed by atoms with Crippen molar-refractivity contribution in [3.63, 3.8) is 0 Å². The van der Waals surface area contributed by atoms with E-state index < -0.39 is 53.8 Å². The van der Waals surface area contributed by atoms with E-state index in [9.17, 15) is 28.8 Å². The number of amides is 5. The predicted molar refractivity (Wildman–Crippen MR) is 243 cm³/mol. The van der Waals surface area contributed by atoms with E-state index >= 15 is 0 Å². The zero-order valence-electron chi connectivity index (χ0n) is 40.3. The molecule has 1 aromatic rings. The molecule has 0 radical (unpaired) electrons. The number of nitrogens with one attached hydrogen (secondary N) is 2. The molecule has 0 bridgehead atoms. The van der Waals surface area contributed by atoms with Crippen LogP contribution in [0.15, 0.2) is 30.3 Å². The third-order valence-electron chi connectivity index (χ3n) is 13.9. The van der Waals surface area contributed by atoms with E-state index in [-0.39, 0.29) is 66.0 Å². The lowest BCUT2D eigenvalue weighted by Crippen LogP contribution is -2.60. The van der Waals surface area contributed by atoms with Gasteiger partial charge in [-0.05, 0) is 75.4 Å². The first-order chi connectivity index (χ1) is 30.3. The molecule has 2 heterocycles. The number of ether oxygens (including phenoxy) is 2. The molecule has 3 aliphatic rings. The summed E-state index contributed by atoms with van der Waals surface area (Å²) in [6.07, 6.45) is 3.13. The largest absolute Gasteiger partial charge is 0.481 e. The molecule has 3 N–H and O–H groups in total. The highest BCUT2D eigenvalue weighted by molar-refractivity contribution is 5.96. The van der Waals surface area contributed by atoms with Crippen LogP contribution in [0.2, 0.25) is 0 Å². The number of nitrogens with zero attached hydrogens (tertiary/aromatic N) is 4. The number of carboxylic acid groups (broad SMARTS) is 1. The van der Waals surface area contributed by atoms with Crippen molar-refractivity contribution < 1.29 is 48.2 Å². The molecule has 1 aliphatic carbocycles. The van der Waals surface area contributed by atoms with Crippen LogP contribution >= 0.6 is 0 Å². The quantitative estimate of drug-likeness (QED) is 0.133. The van der Waals surface area contributed by atoms with Gasteiger partial charge in [0.05, 0.1) is 49.3 Å². The molecular formula is C48H78N6O10. The van der Waals surface area contributed by atoms with Gasteiger partial charge in [0.25, 0.3) is 5.91 Å². The molecule has 16 nitrogen and oxygen atoms in total. The Labute approximate surface area is 381 Å². The van der Waals surface area contributed by atoms with Crippen molar-refractivity contribution in [3.05, 3.63) is 35.9 Å². The van der Waals surface area contributed by atoms with Crippen molar-refractivity contribution in [3.8, 4) is 0 Å². The molecule has 360 valence electrons. The predicted octanol–water partition coefficient (Wildman–Crippen LogP) is 4.47. The number of hydrogen-bond acceptors (Lipinski definition) is 10. The van der Waals surface area contributed by atoms with Gasteiger partial charge in [0, 0.05) is 46.7 Å². The Kier molecular flexibility index (Phi) is 19.6. The van der Waals surface area contributed by atoms with Crippen LogP contribution in [0.5, 0.6) is 0 Å². The summed E-state index contributed by atoms with van der Waals surface area (Å²) in [5.41, 5.74) is -0.188. The van der Waals surface area contributed by atoms with Crippen LogP contribution in [-0.4, -0.2) is 157 Å². The highest BCUT2D eigenvalue weighted by Crippen LogP contribution is 2.53. The molecule has 1 saturated carbocycles. The summed E-state index contributed by atoms with van der Waals surface area (Å²) in [4.78, 5) is 93.4. The topological polar surface area (TPSA) is 187 Å². The van der Waals surface area contributed by atoms with Gasteiger partial charge in [0.15, 0.2) is 0 Å². The lowest BCUT2D eigenvalue weighted by molar-refractivity contribution is -0.200. The van der Waals surface area contributed by atoms with E-state index in [1.165, 1.54) is 5.06 Å². The number of methoxy groups -OCH3 is 2. The zero-order chi connectivity index (χ0) is 47.5. The molecule has 2 saturated heterocycles. The lowest BCUT2D eigenvalue weighted by atomic mass is 9.89. The minimum absolute atomic E-state index is 0.00822. The summed E-state index contributed by atoms with van der Waals surface area (Å²) in [6, 6.07) is 7.31. The minimum atomic E-state index is -1.15. The van der Waals surface area contributed by atoms with E-state index in [1.54, 1.807) is 45.0 Å². The van der Waals surface area contributed by atoms with Crippen LogP contribution in [-0.2, 0) is 43.1 Å². The van der Waals surface area contributed by atoms with Crippen LogP contribution in [0, 0.1) is 23.7 Å². The van der Waals surface area contributed by atoms with Crippen molar-refractivity contribution in [2.75, 3.05) is 54.6 Å². The van der Waals surface area contributed by atoms with Gasteiger partial charge in [-0.25, -0.2) is 5.06 Å². The molecule has 3 fully saturated rings. The molecule has 4 rings (SSSR count). The average molecular weight is 899 g/mol. The monoisotopic (exact) mass is 899 g/mol. The summed E-state index contributed by atoms with van der Waals surface area (Å²) in [5.74, 6) is -3.67. The molecule has 2 aliphatic heterocycles. The van der Waals surface area contributed by atoms with E-state index in [0.29, 0.717) is 58.3 Å². The SMILES string of the molecule is CCC(C)C(C(CC(=O)N1CCCC1C(OC)C(C)C(=O)NC1(C(=O)N2CCCCO2)CC1c1ccccc1)OC)N(C)C(=O)C(NC(=O)C(C(C)C)N(C)CCCC(=O)O)C(C)C.